The molecule has 3 aromatic heterocycles. The van der Waals surface area contributed by atoms with Crippen LogP contribution in [0.15, 0.2) is 53.5 Å². The molecule has 0 saturated heterocycles. The Bertz CT molecular complexity index is 1160. The fraction of sp³-hybridized carbons (Fsp3) is 0.150. The van der Waals surface area contributed by atoms with Crippen molar-refractivity contribution in [3.63, 3.8) is 0 Å². The van der Waals surface area contributed by atoms with Crippen molar-refractivity contribution < 1.29 is 4.74 Å². The quantitative estimate of drug-likeness (QED) is 0.617. The highest BCUT2D eigenvalue weighted by Crippen LogP contribution is 2.27. The maximum Gasteiger partial charge on any atom is 0.273 e. The number of aryl methyl sites for hydroxylation is 2. The van der Waals surface area contributed by atoms with Crippen molar-refractivity contribution in [3.05, 3.63) is 70.3 Å². The Morgan fingerprint density at radius 1 is 1.08 bits per heavy atom. The molecule has 0 amide bonds. The van der Waals surface area contributed by atoms with E-state index < -0.39 is 0 Å². The molecule has 4 aromatic rings. The van der Waals surface area contributed by atoms with Crippen LogP contribution in [0.3, 0.4) is 0 Å². The Labute approximate surface area is 150 Å². The second kappa shape index (κ2) is 6.15. The molecule has 0 atom stereocenters. The predicted octanol–water partition coefficient (Wildman–Crippen LogP) is 3.38. The van der Waals surface area contributed by atoms with Crippen molar-refractivity contribution >= 4 is 5.65 Å². The number of benzene rings is 1. The summed E-state index contributed by atoms with van der Waals surface area (Å²) in [6, 6.07) is 13.0. The van der Waals surface area contributed by atoms with E-state index in [1.54, 1.807) is 13.3 Å². The van der Waals surface area contributed by atoms with E-state index in [1.165, 1.54) is 10.6 Å². The Balaban J connectivity index is 1.91. The van der Waals surface area contributed by atoms with Crippen LogP contribution < -0.4 is 10.3 Å². The van der Waals surface area contributed by atoms with Crippen LogP contribution in [0, 0.1) is 13.8 Å². The van der Waals surface area contributed by atoms with Gasteiger partial charge in [0, 0.05) is 34.6 Å². The second-order valence-corrected chi connectivity index (χ2v) is 6.17. The molecule has 0 saturated carbocycles. The number of hydrogen-bond donors (Lipinski definition) is 1. The van der Waals surface area contributed by atoms with Crippen LogP contribution in [0.4, 0.5) is 0 Å². The summed E-state index contributed by atoms with van der Waals surface area (Å²) in [5.41, 5.74) is 5.47. The van der Waals surface area contributed by atoms with E-state index in [1.807, 2.05) is 50.2 Å². The summed E-state index contributed by atoms with van der Waals surface area (Å²) >= 11 is 0. The number of methoxy groups -OCH3 is 1. The number of pyridine rings is 1. The predicted molar refractivity (Wildman–Crippen MR) is 101 cm³/mol. The number of H-pyrrole nitrogens is 1. The van der Waals surface area contributed by atoms with Gasteiger partial charge in [-0.2, -0.15) is 0 Å². The summed E-state index contributed by atoms with van der Waals surface area (Å²) in [5, 5.41) is 3.16. The average molecular weight is 346 g/mol. The first-order chi connectivity index (χ1) is 12.6. The third-order valence-corrected chi connectivity index (χ3v) is 4.42. The van der Waals surface area contributed by atoms with Crippen molar-refractivity contribution in [2.45, 2.75) is 13.8 Å². The molecule has 0 aliphatic heterocycles. The topological polar surface area (TPSA) is 72.3 Å². The standard InChI is InChI=1S/C20H18N4O2/c1-12-7-8-15(11-21-12)17-10-18(25)24-20(22-17)13(2)19(23-24)14-5-4-6-16(9-14)26-3/h4-11,23H,1-3H3. The normalized spacial score (nSPS) is 11.0. The molecule has 0 fully saturated rings. The van der Waals surface area contributed by atoms with E-state index >= 15 is 0 Å². The minimum absolute atomic E-state index is 0.164. The van der Waals surface area contributed by atoms with Crippen LogP contribution in [-0.4, -0.2) is 26.7 Å². The van der Waals surface area contributed by atoms with Gasteiger partial charge in [-0.25, -0.2) is 9.50 Å². The van der Waals surface area contributed by atoms with Crippen LogP contribution in [0.25, 0.3) is 28.2 Å². The first-order valence-electron chi connectivity index (χ1n) is 8.26. The van der Waals surface area contributed by atoms with Gasteiger partial charge in [0.15, 0.2) is 5.65 Å². The van der Waals surface area contributed by atoms with Crippen LogP contribution in [0.2, 0.25) is 0 Å². The lowest BCUT2D eigenvalue weighted by molar-refractivity contribution is 0.415. The molecular weight excluding hydrogens is 328 g/mol. The Hall–Kier alpha value is -3.41. The first kappa shape index (κ1) is 16.1. The molecule has 0 unspecified atom stereocenters. The van der Waals surface area contributed by atoms with Crippen LogP contribution in [-0.2, 0) is 0 Å². The zero-order valence-electron chi connectivity index (χ0n) is 14.8. The van der Waals surface area contributed by atoms with Gasteiger partial charge in [0.25, 0.3) is 5.56 Å². The van der Waals surface area contributed by atoms with Crippen molar-refractivity contribution in [2.75, 3.05) is 7.11 Å². The van der Waals surface area contributed by atoms with E-state index in [0.29, 0.717) is 11.3 Å². The zero-order valence-corrected chi connectivity index (χ0v) is 14.8. The van der Waals surface area contributed by atoms with E-state index in [-0.39, 0.29) is 5.56 Å². The smallest absolute Gasteiger partial charge is 0.273 e. The van der Waals surface area contributed by atoms with Crippen LogP contribution in [0.1, 0.15) is 11.3 Å². The van der Waals surface area contributed by atoms with Gasteiger partial charge >= 0.3 is 0 Å². The first-order valence-corrected chi connectivity index (χ1v) is 8.26. The minimum Gasteiger partial charge on any atom is -0.497 e. The summed E-state index contributed by atoms with van der Waals surface area (Å²) in [7, 11) is 1.63. The van der Waals surface area contributed by atoms with Gasteiger partial charge in [0.2, 0.25) is 0 Å². The average Bonchev–Trinajstić information content (AvgIpc) is 3.00. The number of aromatic amines is 1. The summed E-state index contributed by atoms with van der Waals surface area (Å²) in [6.07, 6.45) is 1.73. The third-order valence-electron chi connectivity index (χ3n) is 4.42. The number of ether oxygens (including phenoxy) is 1. The number of rotatable bonds is 3. The van der Waals surface area contributed by atoms with Gasteiger partial charge in [-0.15, -0.1) is 0 Å². The van der Waals surface area contributed by atoms with Gasteiger partial charge in [-0.05, 0) is 38.1 Å². The fourth-order valence-electron chi connectivity index (χ4n) is 2.98. The van der Waals surface area contributed by atoms with E-state index in [4.69, 9.17) is 4.74 Å². The number of hydrogen-bond acceptors (Lipinski definition) is 4. The number of fused-ring (bicyclic) bond motifs is 1. The maximum atomic E-state index is 12.6. The van der Waals surface area contributed by atoms with E-state index in [0.717, 1.165) is 33.8 Å². The number of nitrogens with one attached hydrogen (secondary N) is 1. The molecule has 26 heavy (non-hydrogen) atoms. The lowest BCUT2D eigenvalue weighted by Gasteiger charge is -2.03. The Morgan fingerprint density at radius 2 is 1.92 bits per heavy atom. The van der Waals surface area contributed by atoms with Gasteiger partial charge in [-0.3, -0.25) is 14.9 Å². The molecule has 1 aromatic carbocycles. The largest absolute Gasteiger partial charge is 0.497 e. The molecule has 3 heterocycles. The van der Waals surface area contributed by atoms with Crippen molar-refractivity contribution in [2.24, 2.45) is 0 Å². The Morgan fingerprint density at radius 3 is 2.65 bits per heavy atom. The third kappa shape index (κ3) is 2.65. The summed E-state index contributed by atoms with van der Waals surface area (Å²) < 4.78 is 6.76. The second-order valence-electron chi connectivity index (χ2n) is 6.17. The van der Waals surface area contributed by atoms with Crippen LogP contribution in [0.5, 0.6) is 5.75 Å². The van der Waals surface area contributed by atoms with Crippen LogP contribution >= 0.6 is 0 Å². The Kier molecular flexibility index (Phi) is 3.80. The zero-order chi connectivity index (χ0) is 18.3. The molecular formula is C20H18N4O2. The molecule has 0 spiro atoms. The lowest BCUT2D eigenvalue weighted by atomic mass is 10.1. The molecule has 6 heteroatoms. The maximum absolute atomic E-state index is 12.6. The number of aromatic nitrogens is 4. The molecule has 6 nitrogen and oxygen atoms in total. The summed E-state index contributed by atoms with van der Waals surface area (Å²) in [6.45, 7) is 3.87. The van der Waals surface area contributed by atoms with Gasteiger partial charge in [-0.1, -0.05) is 12.1 Å². The van der Waals surface area contributed by atoms with Gasteiger partial charge in [0.1, 0.15) is 5.75 Å². The SMILES string of the molecule is COc1cccc(-c2[nH]n3c(=O)cc(-c4ccc(C)nc4)nc3c2C)c1. The summed E-state index contributed by atoms with van der Waals surface area (Å²) in [5.74, 6) is 0.757. The van der Waals surface area contributed by atoms with E-state index in [9.17, 15) is 4.79 Å². The molecule has 130 valence electrons. The highest BCUT2D eigenvalue weighted by atomic mass is 16.5. The molecule has 0 aliphatic carbocycles. The molecule has 0 radical (unpaired) electrons. The summed E-state index contributed by atoms with van der Waals surface area (Å²) in [4.78, 5) is 21.6. The van der Waals surface area contributed by atoms with Crippen molar-refractivity contribution in [3.8, 4) is 28.3 Å². The van der Waals surface area contributed by atoms with Crippen molar-refractivity contribution in [1.29, 1.82) is 0 Å². The molecule has 0 aliphatic rings. The highest BCUT2D eigenvalue weighted by Gasteiger charge is 2.14. The molecule has 0 bridgehead atoms. The van der Waals surface area contributed by atoms with Gasteiger partial charge < -0.3 is 4.74 Å². The number of nitrogens with zero attached hydrogens (tertiary/aromatic N) is 3. The fourth-order valence-corrected chi connectivity index (χ4v) is 2.98. The molecule has 4 rings (SSSR count). The highest BCUT2D eigenvalue weighted by molar-refractivity contribution is 5.72. The van der Waals surface area contributed by atoms with Crippen molar-refractivity contribution in [1.82, 2.24) is 19.6 Å². The van der Waals surface area contributed by atoms with E-state index in [2.05, 4.69) is 15.1 Å². The monoisotopic (exact) mass is 346 g/mol. The molecule has 1 N–H and O–H groups in total. The van der Waals surface area contributed by atoms with Gasteiger partial charge in [0.05, 0.1) is 18.5 Å². The minimum atomic E-state index is -0.164. The lowest BCUT2D eigenvalue weighted by Crippen LogP contribution is -2.14.